The van der Waals surface area contributed by atoms with Crippen LogP contribution < -0.4 is 4.74 Å². The lowest BCUT2D eigenvalue weighted by Crippen LogP contribution is -2.06. The van der Waals surface area contributed by atoms with Crippen molar-refractivity contribution in [1.82, 2.24) is 0 Å². The van der Waals surface area contributed by atoms with Gasteiger partial charge in [0.25, 0.3) is 0 Å². The summed E-state index contributed by atoms with van der Waals surface area (Å²) in [5, 5.41) is 0. The number of hydrogen-bond acceptors (Lipinski definition) is 2. The minimum atomic E-state index is 0.259. The fourth-order valence-corrected chi connectivity index (χ4v) is 3.09. The Bertz CT molecular complexity index is 436. The molecule has 0 radical (unpaired) electrons. The van der Waals surface area contributed by atoms with E-state index in [-0.39, 0.29) is 5.78 Å². The molecular weight excluding hydrogens is 304 g/mol. The number of ketones is 1. The van der Waals surface area contributed by atoms with E-state index in [1.165, 1.54) is 25.7 Å². The van der Waals surface area contributed by atoms with E-state index in [0.29, 0.717) is 18.9 Å². The lowest BCUT2D eigenvalue weighted by atomic mass is 9.97. The summed E-state index contributed by atoms with van der Waals surface area (Å²) in [5.74, 6) is 1.68. The molecule has 0 amide bonds. The van der Waals surface area contributed by atoms with Crippen molar-refractivity contribution in [3.63, 3.8) is 0 Å². The van der Waals surface area contributed by atoms with Gasteiger partial charge < -0.3 is 4.74 Å². The van der Waals surface area contributed by atoms with E-state index in [0.717, 1.165) is 22.2 Å². The van der Waals surface area contributed by atoms with Gasteiger partial charge in [0, 0.05) is 12.0 Å². The molecule has 1 aromatic carbocycles. The molecule has 3 heteroatoms. The zero-order chi connectivity index (χ0) is 13.7. The Hall–Kier alpha value is -0.830. The first-order chi connectivity index (χ1) is 9.20. The summed E-state index contributed by atoms with van der Waals surface area (Å²) in [6.45, 7) is 2.78. The van der Waals surface area contributed by atoms with Gasteiger partial charge in [-0.05, 0) is 46.5 Å². The normalized spacial score (nSPS) is 15.7. The van der Waals surface area contributed by atoms with Crippen molar-refractivity contribution in [3.05, 3.63) is 28.2 Å². The molecule has 0 heterocycles. The minimum Gasteiger partial charge on any atom is -0.492 e. The maximum absolute atomic E-state index is 12.2. The third-order valence-electron chi connectivity index (χ3n) is 3.66. The van der Waals surface area contributed by atoms with E-state index in [9.17, 15) is 4.79 Å². The van der Waals surface area contributed by atoms with Crippen molar-refractivity contribution in [1.29, 1.82) is 0 Å². The zero-order valence-electron chi connectivity index (χ0n) is 11.5. The molecule has 0 N–H and O–H groups in total. The van der Waals surface area contributed by atoms with Crippen molar-refractivity contribution < 1.29 is 9.53 Å². The largest absolute Gasteiger partial charge is 0.492 e. The molecule has 1 fully saturated rings. The van der Waals surface area contributed by atoms with Crippen molar-refractivity contribution in [2.45, 2.75) is 45.4 Å². The summed E-state index contributed by atoms with van der Waals surface area (Å²) < 4.78 is 6.47. The zero-order valence-corrected chi connectivity index (χ0v) is 13.0. The van der Waals surface area contributed by atoms with Crippen molar-refractivity contribution >= 4 is 21.7 Å². The van der Waals surface area contributed by atoms with Gasteiger partial charge in [0.2, 0.25) is 0 Å². The Balaban J connectivity index is 1.99. The van der Waals surface area contributed by atoms with E-state index < -0.39 is 0 Å². The Morgan fingerprint density at radius 2 is 2.11 bits per heavy atom. The third-order valence-corrected chi connectivity index (χ3v) is 4.28. The van der Waals surface area contributed by atoms with Gasteiger partial charge in [-0.1, -0.05) is 32.6 Å². The average Bonchev–Trinajstić information content (AvgIpc) is 2.90. The van der Waals surface area contributed by atoms with Gasteiger partial charge in [-0.15, -0.1) is 0 Å². The van der Waals surface area contributed by atoms with Crippen molar-refractivity contribution in [2.24, 2.45) is 5.92 Å². The second kappa shape index (κ2) is 7.09. The molecular formula is C16H21BrO2. The van der Waals surface area contributed by atoms with Crippen molar-refractivity contribution in [3.8, 4) is 5.75 Å². The number of rotatable bonds is 6. The van der Waals surface area contributed by atoms with Crippen LogP contribution >= 0.6 is 15.9 Å². The summed E-state index contributed by atoms with van der Waals surface area (Å²) >= 11 is 3.48. The summed E-state index contributed by atoms with van der Waals surface area (Å²) in [6.07, 6.45) is 6.67. The lowest BCUT2D eigenvalue weighted by Gasteiger charge is -2.10. The molecule has 0 unspecified atom stereocenters. The predicted molar refractivity (Wildman–Crippen MR) is 80.8 cm³/mol. The van der Waals surface area contributed by atoms with Gasteiger partial charge in [-0.25, -0.2) is 0 Å². The van der Waals surface area contributed by atoms with Gasteiger partial charge in [0.05, 0.1) is 11.1 Å². The van der Waals surface area contributed by atoms with E-state index >= 15 is 0 Å². The predicted octanol–water partition coefficient (Wildman–Crippen LogP) is 5.00. The van der Waals surface area contributed by atoms with E-state index in [1.54, 1.807) is 0 Å². The highest BCUT2D eigenvalue weighted by molar-refractivity contribution is 9.10. The monoisotopic (exact) mass is 324 g/mol. The van der Waals surface area contributed by atoms with Gasteiger partial charge in [0.15, 0.2) is 5.78 Å². The molecule has 1 saturated carbocycles. The number of Topliss-reactive ketones (excluding diaryl/α,β-unsaturated/α-hetero) is 1. The first-order valence-corrected chi connectivity index (χ1v) is 7.95. The molecule has 2 rings (SSSR count). The minimum absolute atomic E-state index is 0.259. The van der Waals surface area contributed by atoms with Crippen LogP contribution in [0.3, 0.4) is 0 Å². The molecule has 104 valence electrons. The van der Waals surface area contributed by atoms with Crippen LogP contribution in [0.25, 0.3) is 0 Å². The Morgan fingerprint density at radius 3 is 2.74 bits per heavy atom. The van der Waals surface area contributed by atoms with E-state index in [4.69, 9.17) is 4.74 Å². The summed E-state index contributed by atoms with van der Waals surface area (Å²) in [4.78, 5) is 12.2. The number of carbonyl (C=O) groups is 1. The van der Waals surface area contributed by atoms with Gasteiger partial charge in [-0.3, -0.25) is 4.79 Å². The van der Waals surface area contributed by atoms with Crippen LogP contribution in [0.1, 0.15) is 55.8 Å². The van der Waals surface area contributed by atoms with Crippen LogP contribution in [0.4, 0.5) is 0 Å². The lowest BCUT2D eigenvalue weighted by molar-refractivity contribution is 0.0962. The maximum Gasteiger partial charge on any atom is 0.163 e. The average molecular weight is 325 g/mol. The molecule has 0 saturated heterocycles. The molecule has 0 bridgehead atoms. The van der Waals surface area contributed by atoms with Crippen LogP contribution in [0.2, 0.25) is 0 Å². The molecule has 19 heavy (non-hydrogen) atoms. The number of hydrogen-bond donors (Lipinski definition) is 0. The summed E-state index contributed by atoms with van der Waals surface area (Å²) in [5.41, 5.74) is 0.794. The van der Waals surface area contributed by atoms with E-state index in [1.807, 2.05) is 18.2 Å². The second-order valence-electron chi connectivity index (χ2n) is 5.27. The van der Waals surface area contributed by atoms with Crippen LogP contribution in [-0.2, 0) is 0 Å². The van der Waals surface area contributed by atoms with Gasteiger partial charge >= 0.3 is 0 Å². The highest BCUT2D eigenvalue weighted by Crippen LogP contribution is 2.31. The number of ether oxygens (including phenoxy) is 1. The molecule has 2 nitrogen and oxygen atoms in total. The van der Waals surface area contributed by atoms with Crippen LogP contribution in [-0.4, -0.2) is 12.4 Å². The third kappa shape index (κ3) is 4.07. The van der Waals surface area contributed by atoms with Crippen LogP contribution in [0.15, 0.2) is 22.7 Å². The fourth-order valence-electron chi connectivity index (χ4n) is 2.60. The summed E-state index contributed by atoms with van der Waals surface area (Å²) in [7, 11) is 0. The molecule has 0 aromatic heterocycles. The molecule has 0 atom stereocenters. The van der Waals surface area contributed by atoms with Gasteiger partial charge in [-0.2, -0.15) is 0 Å². The summed E-state index contributed by atoms with van der Waals surface area (Å²) in [6, 6.07) is 5.66. The number of halogens is 1. The smallest absolute Gasteiger partial charge is 0.163 e. The maximum atomic E-state index is 12.2. The molecule has 0 spiro atoms. The van der Waals surface area contributed by atoms with Crippen LogP contribution in [0.5, 0.6) is 5.75 Å². The molecule has 1 aliphatic carbocycles. The first kappa shape index (κ1) is 14.6. The van der Waals surface area contributed by atoms with E-state index in [2.05, 4.69) is 22.9 Å². The molecule has 1 aliphatic rings. The van der Waals surface area contributed by atoms with Crippen LogP contribution in [0, 0.1) is 5.92 Å². The molecule has 1 aromatic rings. The van der Waals surface area contributed by atoms with Gasteiger partial charge in [0.1, 0.15) is 5.75 Å². The van der Waals surface area contributed by atoms with Crippen molar-refractivity contribution in [2.75, 3.05) is 6.61 Å². The highest BCUT2D eigenvalue weighted by Gasteiger charge is 2.19. The number of carbonyl (C=O) groups excluding carboxylic acids is 1. The standard InChI is InChI=1S/C16H21BrO2/c1-2-9-19-16-8-7-13(11-14(16)17)15(18)10-12-5-3-4-6-12/h7-8,11-12H,2-6,9-10H2,1H3. The Morgan fingerprint density at radius 1 is 1.37 bits per heavy atom. The first-order valence-electron chi connectivity index (χ1n) is 7.16. The fraction of sp³-hybridized carbons (Fsp3) is 0.562. The Labute approximate surface area is 123 Å². The second-order valence-corrected chi connectivity index (χ2v) is 6.13. The molecule has 0 aliphatic heterocycles. The SMILES string of the molecule is CCCOc1ccc(C(=O)CC2CCCC2)cc1Br. The highest BCUT2D eigenvalue weighted by atomic mass is 79.9. The quantitative estimate of drug-likeness (QED) is 0.688. The topological polar surface area (TPSA) is 26.3 Å². The number of benzene rings is 1. The Kier molecular flexibility index (Phi) is 5.44.